The predicted molar refractivity (Wildman–Crippen MR) is 80.8 cm³/mol. The van der Waals surface area contributed by atoms with Crippen LogP contribution in [0.25, 0.3) is 5.69 Å². The van der Waals surface area contributed by atoms with Crippen LogP contribution in [0.2, 0.25) is 0 Å². The number of nitrogens with zero attached hydrogens (tertiary/aromatic N) is 2. The molecule has 24 heavy (non-hydrogen) atoms. The van der Waals surface area contributed by atoms with E-state index in [1.54, 1.807) is 18.2 Å². The fourth-order valence-electron chi connectivity index (χ4n) is 2.69. The van der Waals surface area contributed by atoms with E-state index in [1.165, 1.54) is 12.1 Å². The number of halogens is 3. The molecule has 0 saturated carbocycles. The summed E-state index contributed by atoms with van der Waals surface area (Å²) < 4.78 is 46.6. The number of carbonyl (C=O) groups is 1. The highest BCUT2D eigenvalue weighted by molar-refractivity contribution is 5.94. The molecule has 3 rings (SSSR count). The first-order chi connectivity index (χ1) is 11.4. The number of para-hydroxylation sites is 1. The van der Waals surface area contributed by atoms with Gasteiger partial charge in [-0.1, -0.05) is 18.2 Å². The second-order valence-electron chi connectivity index (χ2n) is 5.65. The van der Waals surface area contributed by atoms with E-state index in [-0.39, 0.29) is 17.5 Å². The summed E-state index contributed by atoms with van der Waals surface area (Å²) in [4.78, 5) is 12.1. The van der Waals surface area contributed by atoms with E-state index in [2.05, 4.69) is 10.4 Å². The summed E-state index contributed by atoms with van der Waals surface area (Å²) in [7, 11) is 0. The van der Waals surface area contributed by atoms with Crippen molar-refractivity contribution in [2.45, 2.75) is 38.1 Å². The van der Waals surface area contributed by atoms with Gasteiger partial charge in [-0.2, -0.15) is 18.3 Å². The topological polar surface area (TPSA) is 56.2 Å². The number of alkyl halides is 3. The Morgan fingerprint density at radius 3 is 2.58 bits per heavy atom. The average Bonchev–Trinajstić information content (AvgIpc) is 3.14. The molecule has 2 atom stereocenters. The third-order valence-electron chi connectivity index (χ3n) is 3.82. The van der Waals surface area contributed by atoms with E-state index < -0.39 is 23.9 Å². The molecule has 2 aromatic rings. The van der Waals surface area contributed by atoms with Gasteiger partial charge in [0.2, 0.25) is 0 Å². The number of hydrogen-bond acceptors (Lipinski definition) is 3. The monoisotopic (exact) mass is 339 g/mol. The van der Waals surface area contributed by atoms with E-state index in [1.807, 2.05) is 6.92 Å². The fourth-order valence-corrected chi connectivity index (χ4v) is 2.69. The smallest absolute Gasteiger partial charge is 0.365 e. The molecule has 1 saturated heterocycles. The van der Waals surface area contributed by atoms with Crippen molar-refractivity contribution >= 4 is 11.6 Å². The van der Waals surface area contributed by atoms with Gasteiger partial charge in [0.05, 0.1) is 23.7 Å². The van der Waals surface area contributed by atoms with E-state index >= 15 is 0 Å². The summed E-state index contributed by atoms with van der Waals surface area (Å²) in [6.07, 6.45) is -3.28. The number of aromatic nitrogens is 2. The lowest BCUT2D eigenvalue weighted by atomic mass is 10.2. The number of hydrogen-bond donors (Lipinski definition) is 1. The summed E-state index contributed by atoms with van der Waals surface area (Å²) >= 11 is 0. The number of anilines is 1. The molecule has 0 bridgehead atoms. The SMILES string of the molecule is C[C@@H]1CC[C@@H](C(=O)Nc2cnn(-c3ccccc3)c2C(F)(F)F)O1. The van der Waals surface area contributed by atoms with Gasteiger partial charge in [-0.05, 0) is 31.9 Å². The summed E-state index contributed by atoms with van der Waals surface area (Å²) in [5, 5.41) is 6.09. The summed E-state index contributed by atoms with van der Waals surface area (Å²) in [6, 6.07) is 7.94. The molecule has 128 valence electrons. The highest BCUT2D eigenvalue weighted by Gasteiger charge is 2.40. The number of ether oxygens (including phenoxy) is 1. The lowest BCUT2D eigenvalue weighted by Crippen LogP contribution is -2.28. The van der Waals surface area contributed by atoms with Crippen molar-refractivity contribution in [2.75, 3.05) is 5.32 Å². The Kier molecular flexibility index (Phi) is 4.31. The minimum Gasteiger partial charge on any atom is -0.365 e. The minimum atomic E-state index is -4.67. The molecular weight excluding hydrogens is 323 g/mol. The van der Waals surface area contributed by atoms with E-state index in [4.69, 9.17) is 4.74 Å². The number of nitrogens with one attached hydrogen (secondary N) is 1. The highest BCUT2D eigenvalue weighted by Crippen LogP contribution is 2.36. The van der Waals surface area contributed by atoms with Gasteiger partial charge in [-0.15, -0.1) is 0 Å². The molecule has 5 nitrogen and oxygen atoms in total. The molecule has 1 N–H and O–H groups in total. The van der Waals surface area contributed by atoms with Gasteiger partial charge in [0.15, 0.2) is 5.69 Å². The summed E-state index contributed by atoms with van der Waals surface area (Å²) in [5.41, 5.74) is -1.14. The minimum absolute atomic E-state index is 0.0742. The molecule has 1 aromatic heterocycles. The van der Waals surface area contributed by atoms with Crippen LogP contribution in [0.4, 0.5) is 18.9 Å². The molecule has 8 heteroatoms. The predicted octanol–water partition coefficient (Wildman–Crippen LogP) is 3.40. The van der Waals surface area contributed by atoms with Crippen LogP contribution in [0.1, 0.15) is 25.5 Å². The Morgan fingerprint density at radius 2 is 2.00 bits per heavy atom. The van der Waals surface area contributed by atoms with Gasteiger partial charge in [-0.3, -0.25) is 4.79 Å². The first kappa shape index (κ1) is 16.5. The van der Waals surface area contributed by atoms with E-state index in [0.717, 1.165) is 10.9 Å². The molecule has 1 fully saturated rings. The zero-order chi connectivity index (χ0) is 17.3. The Morgan fingerprint density at radius 1 is 1.29 bits per heavy atom. The zero-order valence-corrected chi connectivity index (χ0v) is 12.9. The molecule has 2 heterocycles. The largest absolute Gasteiger partial charge is 0.435 e. The third kappa shape index (κ3) is 3.28. The molecule has 1 aromatic carbocycles. The van der Waals surface area contributed by atoms with Crippen LogP contribution in [0.5, 0.6) is 0 Å². The van der Waals surface area contributed by atoms with Crippen LogP contribution < -0.4 is 5.32 Å². The van der Waals surface area contributed by atoms with Crippen molar-refractivity contribution in [2.24, 2.45) is 0 Å². The van der Waals surface area contributed by atoms with E-state index in [9.17, 15) is 18.0 Å². The Balaban J connectivity index is 1.91. The van der Waals surface area contributed by atoms with Crippen LogP contribution in [0, 0.1) is 0 Å². The van der Waals surface area contributed by atoms with Gasteiger partial charge in [0.1, 0.15) is 6.10 Å². The molecule has 1 aliphatic rings. The Labute approximate surface area is 136 Å². The lowest BCUT2D eigenvalue weighted by molar-refractivity contribution is -0.142. The number of benzene rings is 1. The zero-order valence-electron chi connectivity index (χ0n) is 12.9. The van der Waals surface area contributed by atoms with Crippen molar-refractivity contribution in [1.29, 1.82) is 0 Å². The van der Waals surface area contributed by atoms with Crippen molar-refractivity contribution in [1.82, 2.24) is 9.78 Å². The molecular formula is C16H16F3N3O2. The molecule has 1 amide bonds. The van der Waals surface area contributed by atoms with Crippen molar-refractivity contribution in [3.63, 3.8) is 0 Å². The van der Waals surface area contributed by atoms with Crippen LogP contribution in [0.15, 0.2) is 36.5 Å². The normalized spacial score (nSPS) is 21.0. The van der Waals surface area contributed by atoms with Gasteiger partial charge in [0.25, 0.3) is 5.91 Å². The lowest BCUT2D eigenvalue weighted by Gasteiger charge is -2.15. The molecule has 0 unspecified atom stereocenters. The van der Waals surface area contributed by atoms with Gasteiger partial charge < -0.3 is 10.1 Å². The first-order valence-corrected chi connectivity index (χ1v) is 7.53. The number of carbonyl (C=O) groups excluding carboxylic acids is 1. The Bertz CT molecular complexity index is 728. The third-order valence-corrected chi connectivity index (χ3v) is 3.82. The standard InChI is InChI=1S/C16H16F3N3O2/c1-10-7-8-13(24-10)15(23)21-12-9-20-22(14(12)16(17,18)19)11-5-3-2-4-6-11/h2-6,9-10,13H,7-8H2,1H3,(H,21,23)/t10-,13+/m1/s1. The first-order valence-electron chi connectivity index (χ1n) is 7.53. The average molecular weight is 339 g/mol. The molecule has 0 spiro atoms. The number of rotatable bonds is 3. The van der Waals surface area contributed by atoms with Gasteiger partial charge >= 0.3 is 6.18 Å². The van der Waals surface area contributed by atoms with Gasteiger partial charge in [-0.25, -0.2) is 4.68 Å². The van der Waals surface area contributed by atoms with Crippen LogP contribution in [-0.4, -0.2) is 27.9 Å². The van der Waals surface area contributed by atoms with Crippen LogP contribution in [-0.2, 0) is 15.7 Å². The maximum absolute atomic E-state index is 13.5. The quantitative estimate of drug-likeness (QED) is 0.932. The second-order valence-corrected chi connectivity index (χ2v) is 5.65. The summed E-state index contributed by atoms with van der Waals surface area (Å²) in [6.45, 7) is 1.82. The summed E-state index contributed by atoms with van der Waals surface area (Å²) in [5.74, 6) is -0.586. The number of amides is 1. The highest BCUT2D eigenvalue weighted by atomic mass is 19.4. The maximum atomic E-state index is 13.5. The van der Waals surface area contributed by atoms with Crippen LogP contribution in [0.3, 0.4) is 0 Å². The van der Waals surface area contributed by atoms with Gasteiger partial charge in [0, 0.05) is 0 Å². The van der Waals surface area contributed by atoms with Crippen molar-refractivity contribution in [3.05, 3.63) is 42.2 Å². The second kappa shape index (κ2) is 6.27. The van der Waals surface area contributed by atoms with Crippen LogP contribution >= 0.6 is 0 Å². The molecule has 0 aliphatic carbocycles. The van der Waals surface area contributed by atoms with Crippen molar-refractivity contribution < 1.29 is 22.7 Å². The Hall–Kier alpha value is -2.35. The molecule has 0 radical (unpaired) electrons. The van der Waals surface area contributed by atoms with E-state index in [0.29, 0.717) is 12.8 Å². The fraction of sp³-hybridized carbons (Fsp3) is 0.375. The van der Waals surface area contributed by atoms with Crippen molar-refractivity contribution in [3.8, 4) is 5.69 Å². The maximum Gasteiger partial charge on any atom is 0.435 e. The molecule has 1 aliphatic heterocycles.